The number of rotatable bonds is 7. The van der Waals surface area contributed by atoms with Gasteiger partial charge in [0.2, 0.25) is 0 Å². The van der Waals surface area contributed by atoms with Gasteiger partial charge in [-0.2, -0.15) is 0 Å². The van der Waals surface area contributed by atoms with Crippen LogP contribution in [0.3, 0.4) is 0 Å². The van der Waals surface area contributed by atoms with Crippen LogP contribution in [0.15, 0.2) is 0 Å². The van der Waals surface area contributed by atoms with E-state index < -0.39 is 0 Å². The minimum atomic E-state index is 0.353. The molecule has 0 aliphatic carbocycles. The normalized spacial score (nSPS) is 27.0. The first-order valence-corrected chi connectivity index (χ1v) is 6.23. The van der Waals surface area contributed by atoms with Crippen molar-refractivity contribution in [2.75, 3.05) is 6.61 Å². The molecule has 1 heterocycles. The van der Waals surface area contributed by atoms with Crippen molar-refractivity contribution < 1.29 is 5.11 Å². The van der Waals surface area contributed by atoms with E-state index in [1.165, 1.54) is 44.9 Å². The fourth-order valence-electron chi connectivity index (χ4n) is 2.31. The molecular weight excluding hydrogens is 174 g/mol. The van der Waals surface area contributed by atoms with Gasteiger partial charge < -0.3 is 10.4 Å². The number of aliphatic hydroxyl groups excluding tert-OH is 1. The van der Waals surface area contributed by atoms with Gasteiger partial charge >= 0.3 is 0 Å². The molecule has 1 saturated heterocycles. The highest BCUT2D eigenvalue weighted by molar-refractivity contribution is 4.82. The maximum Gasteiger partial charge on any atom is 0.0431 e. The largest absolute Gasteiger partial charge is 0.396 e. The molecule has 0 unspecified atom stereocenters. The van der Waals surface area contributed by atoms with Crippen molar-refractivity contribution in [3.63, 3.8) is 0 Å². The Morgan fingerprint density at radius 2 is 1.71 bits per heavy atom. The lowest BCUT2D eigenvalue weighted by atomic mass is 10.1. The minimum Gasteiger partial charge on any atom is -0.396 e. The number of nitrogens with one attached hydrogen (secondary N) is 1. The van der Waals surface area contributed by atoms with Gasteiger partial charge in [-0.1, -0.05) is 19.8 Å². The Kier molecular flexibility index (Phi) is 6.20. The van der Waals surface area contributed by atoms with Gasteiger partial charge in [0.1, 0.15) is 0 Å². The second-order valence-corrected chi connectivity index (χ2v) is 4.50. The Hall–Kier alpha value is -0.0800. The summed E-state index contributed by atoms with van der Waals surface area (Å²) in [7, 11) is 0. The molecule has 2 heteroatoms. The number of hydrogen-bond donors (Lipinski definition) is 2. The molecule has 0 spiro atoms. The van der Waals surface area contributed by atoms with Crippen molar-refractivity contribution in [3.05, 3.63) is 0 Å². The second kappa shape index (κ2) is 7.24. The first kappa shape index (κ1) is 12.0. The standard InChI is InChI=1S/C12H25NO/c1-2-3-6-11-8-9-12(13-11)7-4-5-10-14/h11-14H,2-10H2,1H3/t11-,12-/m1/s1. The third-order valence-corrected chi connectivity index (χ3v) is 3.20. The van der Waals surface area contributed by atoms with Crippen LogP contribution in [0.2, 0.25) is 0 Å². The lowest BCUT2D eigenvalue weighted by Gasteiger charge is -2.13. The summed E-state index contributed by atoms with van der Waals surface area (Å²) in [6.45, 7) is 2.61. The van der Waals surface area contributed by atoms with Crippen LogP contribution in [-0.2, 0) is 0 Å². The van der Waals surface area contributed by atoms with Crippen molar-refractivity contribution in [2.45, 2.75) is 70.4 Å². The van der Waals surface area contributed by atoms with Crippen LogP contribution < -0.4 is 5.32 Å². The fourth-order valence-corrected chi connectivity index (χ4v) is 2.31. The predicted molar refractivity (Wildman–Crippen MR) is 60.4 cm³/mol. The third kappa shape index (κ3) is 4.43. The summed E-state index contributed by atoms with van der Waals surface area (Å²) >= 11 is 0. The van der Waals surface area contributed by atoms with Crippen molar-refractivity contribution in [1.82, 2.24) is 5.32 Å². The summed E-state index contributed by atoms with van der Waals surface area (Å²) in [6, 6.07) is 1.53. The fraction of sp³-hybridized carbons (Fsp3) is 1.00. The van der Waals surface area contributed by atoms with Gasteiger partial charge in [-0.25, -0.2) is 0 Å². The number of aliphatic hydroxyl groups is 1. The van der Waals surface area contributed by atoms with E-state index in [0.29, 0.717) is 6.61 Å². The smallest absolute Gasteiger partial charge is 0.0431 e. The van der Waals surface area contributed by atoms with Crippen LogP contribution in [0.4, 0.5) is 0 Å². The average Bonchev–Trinajstić information content (AvgIpc) is 2.63. The van der Waals surface area contributed by atoms with Gasteiger partial charge in [0, 0.05) is 18.7 Å². The molecule has 0 aromatic rings. The van der Waals surface area contributed by atoms with E-state index >= 15 is 0 Å². The lowest BCUT2D eigenvalue weighted by molar-refractivity contribution is 0.280. The molecule has 0 radical (unpaired) electrons. The van der Waals surface area contributed by atoms with E-state index in [9.17, 15) is 0 Å². The summed E-state index contributed by atoms with van der Waals surface area (Å²) < 4.78 is 0. The molecule has 1 fully saturated rings. The van der Waals surface area contributed by atoms with Crippen molar-refractivity contribution >= 4 is 0 Å². The molecule has 1 aliphatic rings. The maximum atomic E-state index is 8.69. The van der Waals surface area contributed by atoms with Crippen molar-refractivity contribution in [1.29, 1.82) is 0 Å². The van der Waals surface area contributed by atoms with Crippen molar-refractivity contribution in [2.24, 2.45) is 0 Å². The van der Waals surface area contributed by atoms with Crippen LogP contribution in [-0.4, -0.2) is 23.8 Å². The Morgan fingerprint density at radius 1 is 1.07 bits per heavy atom. The molecule has 14 heavy (non-hydrogen) atoms. The van der Waals surface area contributed by atoms with E-state index in [1.807, 2.05) is 0 Å². The van der Waals surface area contributed by atoms with Crippen LogP contribution in [0.25, 0.3) is 0 Å². The summed E-state index contributed by atoms with van der Waals surface area (Å²) in [5, 5.41) is 12.4. The first-order chi connectivity index (χ1) is 6.86. The van der Waals surface area contributed by atoms with Gasteiger partial charge in [-0.15, -0.1) is 0 Å². The average molecular weight is 199 g/mol. The molecular formula is C12H25NO. The molecule has 2 nitrogen and oxygen atoms in total. The Balaban J connectivity index is 2.02. The number of hydrogen-bond acceptors (Lipinski definition) is 2. The quantitative estimate of drug-likeness (QED) is 0.617. The lowest BCUT2D eigenvalue weighted by Crippen LogP contribution is -2.29. The zero-order valence-corrected chi connectivity index (χ0v) is 9.47. The zero-order valence-electron chi connectivity index (χ0n) is 9.47. The Bertz CT molecular complexity index is 138. The van der Waals surface area contributed by atoms with Gasteiger partial charge in [0.15, 0.2) is 0 Å². The van der Waals surface area contributed by atoms with E-state index in [2.05, 4.69) is 12.2 Å². The van der Waals surface area contributed by atoms with Crippen LogP contribution in [0.1, 0.15) is 58.3 Å². The van der Waals surface area contributed by atoms with Crippen LogP contribution in [0.5, 0.6) is 0 Å². The van der Waals surface area contributed by atoms with E-state index in [1.54, 1.807) is 0 Å². The highest BCUT2D eigenvalue weighted by Gasteiger charge is 2.22. The van der Waals surface area contributed by atoms with Crippen LogP contribution in [0, 0.1) is 0 Å². The monoisotopic (exact) mass is 199 g/mol. The van der Waals surface area contributed by atoms with E-state index in [-0.39, 0.29) is 0 Å². The van der Waals surface area contributed by atoms with E-state index in [4.69, 9.17) is 5.11 Å². The van der Waals surface area contributed by atoms with E-state index in [0.717, 1.165) is 18.5 Å². The van der Waals surface area contributed by atoms with Gasteiger partial charge in [-0.3, -0.25) is 0 Å². The highest BCUT2D eigenvalue weighted by Crippen LogP contribution is 2.20. The molecule has 0 aromatic heterocycles. The van der Waals surface area contributed by atoms with Crippen molar-refractivity contribution in [3.8, 4) is 0 Å². The molecule has 0 bridgehead atoms. The third-order valence-electron chi connectivity index (χ3n) is 3.20. The molecule has 84 valence electrons. The SMILES string of the molecule is CCCC[C@@H]1CC[C@@H](CCCCO)N1. The molecule has 1 aliphatic heterocycles. The molecule has 2 N–H and O–H groups in total. The zero-order chi connectivity index (χ0) is 10.2. The molecule has 2 atom stereocenters. The van der Waals surface area contributed by atoms with Gasteiger partial charge in [0.05, 0.1) is 0 Å². The summed E-state index contributed by atoms with van der Waals surface area (Å²) in [5.41, 5.74) is 0. The second-order valence-electron chi connectivity index (χ2n) is 4.50. The summed E-state index contributed by atoms with van der Waals surface area (Å²) in [5.74, 6) is 0. The predicted octanol–water partition coefficient (Wildman–Crippen LogP) is 2.46. The Morgan fingerprint density at radius 3 is 2.29 bits per heavy atom. The topological polar surface area (TPSA) is 32.3 Å². The molecule has 0 saturated carbocycles. The highest BCUT2D eigenvalue weighted by atomic mass is 16.2. The minimum absolute atomic E-state index is 0.353. The molecule has 0 amide bonds. The van der Waals surface area contributed by atoms with Crippen LogP contribution >= 0.6 is 0 Å². The van der Waals surface area contributed by atoms with Gasteiger partial charge in [-0.05, 0) is 38.5 Å². The summed E-state index contributed by atoms with van der Waals surface area (Å²) in [6.07, 6.45) is 10.1. The maximum absolute atomic E-state index is 8.69. The van der Waals surface area contributed by atoms with Gasteiger partial charge in [0.25, 0.3) is 0 Å². The number of unbranched alkanes of at least 4 members (excludes halogenated alkanes) is 2. The first-order valence-electron chi connectivity index (χ1n) is 6.23. The summed E-state index contributed by atoms with van der Waals surface area (Å²) in [4.78, 5) is 0. The molecule has 0 aromatic carbocycles. The Labute approximate surface area is 88.1 Å². The molecule has 1 rings (SSSR count).